The Morgan fingerprint density at radius 3 is 2.74 bits per heavy atom. The summed E-state index contributed by atoms with van der Waals surface area (Å²) in [5.74, 6) is 0.531. The number of hydrogen-bond donors (Lipinski definition) is 1. The summed E-state index contributed by atoms with van der Waals surface area (Å²) >= 11 is 0. The van der Waals surface area contributed by atoms with Crippen LogP contribution >= 0.6 is 0 Å². The van der Waals surface area contributed by atoms with Crippen molar-refractivity contribution in [2.24, 2.45) is 5.73 Å². The molecule has 31 heavy (non-hydrogen) atoms. The summed E-state index contributed by atoms with van der Waals surface area (Å²) in [5, 5.41) is 10.4. The van der Waals surface area contributed by atoms with Crippen molar-refractivity contribution in [3.8, 4) is 23.3 Å². The molecule has 0 atom stereocenters. The van der Waals surface area contributed by atoms with Crippen LogP contribution in [0.3, 0.4) is 0 Å². The van der Waals surface area contributed by atoms with Crippen LogP contribution in [0.5, 0.6) is 11.5 Å². The summed E-state index contributed by atoms with van der Waals surface area (Å²) in [6.45, 7) is 3.03. The summed E-state index contributed by atoms with van der Waals surface area (Å²) < 4.78 is 23.3. The molecule has 0 saturated carbocycles. The molecule has 1 heterocycles. The number of methoxy groups -OCH3 is 1. The normalized spacial score (nSPS) is 10.6. The average Bonchev–Trinajstić information content (AvgIpc) is 3.16. The molecule has 0 fully saturated rings. The quantitative estimate of drug-likeness (QED) is 0.302. The molecule has 3 aromatic rings. The van der Waals surface area contributed by atoms with Crippen molar-refractivity contribution >= 4 is 16.9 Å². The third-order valence-corrected chi connectivity index (χ3v) is 4.59. The standard InChI is InChI=1S/C23H25N3O5/c1-3-29-23(27)20-7-5-17(11-22(20)31-15-28-2)26-14-16(13-25)19-8-6-18(12-21(19)26)30-10-4-9-24/h5-8,11-12,14H,3-4,9-10,15,24H2,1-2H3. The van der Waals surface area contributed by atoms with E-state index in [1.165, 1.54) is 7.11 Å². The Morgan fingerprint density at radius 2 is 2.03 bits per heavy atom. The molecule has 0 spiro atoms. The van der Waals surface area contributed by atoms with Gasteiger partial charge in [-0.25, -0.2) is 4.79 Å². The smallest absolute Gasteiger partial charge is 0.341 e. The first-order chi connectivity index (χ1) is 15.1. The molecule has 2 N–H and O–H groups in total. The van der Waals surface area contributed by atoms with Gasteiger partial charge in [-0.15, -0.1) is 0 Å². The zero-order valence-electron chi connectivity index (χ0n) is 17.6. The predicted octanol–water partition coefficient (Wildman–Crippen LogP) is 3.39. The van der Waals surface area contributed by atoms with Gasteiger partial charge in [0, 0.05) is 36.5 Å². The van der Waals surface area contributed by atoms with E-state index in [0.717, 1.165) is 17.3 Å². The van der Waals surface area contributed by atoms with E-state index in [1.807, 2.05) is 22.8 Å². The average molecular weight is 423 g/mol. The van der Waals surface area contributed by atoms with Crippen molar-refractivity contribution < 1.29 is 23.7 Å². The molecular weight excluding hydrogens is 398 g/mol. The summed E-state index contributed by atoms with van der Waals surface area (Å²) in [7, 11) is 1.50. The number of esters is 1. The number of ether oxygens (including phenoxy) is 4. The van der Waals surface area contributed by atoms with Gasteiger partial charge in [0.05, 0.1) is 24.3 Å². The SMILES string of the molecule is CCOC(=O)c1ccc(-n2cc(C#N)c3ccc(OCCCN)cc32)cc1OCOC. The van der Waals surface area contributed by atoms with E-state index in [4.69, 9.17) is 24.7 Å². The predicted molar refractivity (Wildman–Crippen MR) is 116 cm³/mol. The largest absolute Gasteiger partial charge is 0.493 e. The van der Waals surface area contributed by atoms with Crippen LogP contribution in [0.1, 0.15) is 29.3 Å². The van der Waals surface area contributed by atoms with Gasteiger partial charge in [-0.1, -0.05) is 0 Å². The van der Waals surface area contributed by atoms with Gasteiger partial charge in [0.25, 0.3) is 0 Å². The van der Waals surface area contributed by atoms with E-state index < -0.39 is 5.97 Å². The Hall–Kier alpha value is -3.54. The van der Waals surface area contributed by atoms with Gasteiger partial charge in [-0.3, -0.25) is 0 Å². The van der Waals surface area contributed by atoms with Gasteiger partial charge in [-0.2, -0.15) is 5.26 Å². The molecule has 0 bridgehead atoms. The minimum absolute atomic E-state index is 0.0230. The lowest BCUT2D eigenvalue weighted by molar-refractivity contribution is 0.0438. The third-order valence-electron chi connectivity index (χ3n) is 4.59. The van der Waals surface area contributed by atoms with Crippen molar-refractivity contribution in [1.82, 2.24) is 4.57 Å². The molecule has 0 aliphatic rings. The van der Waals surface area contributed by atoms with Gasteiger partial charge in [0.2, 0.25) is 0 Å². The Labute approximate surface area is 180 Å². The van der Waals surface area contributed by atoms with E-state index >= 15 is 0 Å². The second-order valence-electron chi connectivity index (χ2n) is 6.65. The number of rotatable bonds is 10. The highest BCUT2D eigenvalue weighted by Gasteiger charge is 2.17. The van der Waals surface area contributed by atoms with Crippen LogP contribution in [0.2, 0.25) is 0 Å². The van der Waals surface area contributed by atoms with E-state index in [-0.39, 0.29) is 13.4 Å². The molecule has 0 saturated heterocycles. The highest BCUT2D eigenvalue weighted by molar-refractivity contribution is 5.93. The van der Waals surface area contributed by atoms with Gasteiger partial charge in [-0.05, 0) is 44.2 Å². The fraction of sp³-hybridized carbons (Fsp3) is 0.304. The Balaban J connectivity index is 2.07. The topological polar surface area (TPSA) is 109 Å². The number of hydrogen-bond acceptors (Lipinski definition) is 7. The molecule has 162 valence electrons. The second kappa shape index (κ2) is 10.5. The van der Waals surface area contributed by atoms with E-state index in [2.05, 4.69) is 6.07 Å². The van der Waals surface area contributed by atoms with Gasteiger partial charge < -0.3 is 29.2 Å². The van der Waals surface area contributed by atoms with Gasteiger partial charge >= 0.3 is 5.97 Å². The fourth-order valence-corrected chi connectivity index (χ4v) is 3.15. The van der Waals surface area contributed by atoms with Crippen molar-refractivity contribution in [3.63, 3.8) is 0 Å². The monoisotopic (exact) mass is 423 g/mol. The highest BCUT2D eigenvalue weighted by atomic mass is 16.7. The van der Waals surface area contributed by atoms with E-state index in [0.29, 0.717) is 41.5 Å². The molecule has 8 nitrogen and oxygen atoms in total. The summed E-state index contributed by atoms with van der Waals surface area (Å²) in [6, 6.07) is 12.9. The molecule has 2 aromatic carbocycles. The first-order valence-electron chi connectivity index (χ1n) is 9.94. The summed E-state index contributed by atoms with van der Waals surface area (Å²) in [6.07, 6.45) is 2.49. The number of carbonyl (C=O) groups is 1. The Bertz CT molecular complexity index is 1100. The van der Waals surface area contributed by atoms with Crippen LogP contribution in [0.4, 0.5) is 0 Å². The third kappa shape index (κ3) is 4.97. The summed E-state index contributed by atoms with van der Waals surface area (Å²) in [4.78, 5) is 12.3. The highest BCUT2D eigenvalue weighted by Crippen LogP contribution is 2.31. The van der Waals surface area contributed by atoms with Crippen LogP contribution in [-0.2, 0) is 9.47 Å². The van der Waals surface area contributed by atoms with Crippen LogP contribution < -0.4 is 15.2 Å². The second-order valence-corrected chi connectivity index (χ2v) is 6.65. The maximum atomic E-state index is 12.3. The minimum Gasteiger partial charge on any atom is -0.493 e. The van der Waals surface area contributed by atoms with Crippen molar-refractivity contribution in [2.75, 3.05) is 33.7 Å². The fourth-order valence-electron chi connectivity index (χ4n) is 3.15. The molecule has 3 rings (SSSR count). The van der Waals surface area contributed by atoms with Crippen molar-refractivity contribution in [2.45, 2.75) is 13.3 Å². The number of nitrogens with two attached hydrogens (primary N) is 1. The zero-order valence-corrected chi connectivity index (χ0v) is 17.6. The van der Waals surface area contributed by atoms with Gasteiger partial charge in [0.1, 0.15) is 23.1 Å². The number of carbonyl (C=O) groups excluding carboxylic acids is 1. The lowest BCUT2D eigenvalue weighted by Gasteiger charge is -2.13. The maximum absolute atomic E-state index is 12.3. The first-order valence-corrected chi connectivity index (χ1v) is 9.94. The molecule has 0 radical (unpaired) electrons. The molecule has 0 aliphatic heterocycles. The number of nitrogens with zero attached hydrogens (tertiary/aromatic N) is 2. The molecule has 0 amide bonds. The van der Waals surface area contributed by atoms with Crippen molar-refractivity contribution in [1.29, 1.82) is 5.26 Å². The zero-order chi connectivity index (χ0) is 22.2. The van der Waals surface area contributed by atoms with Crippen molar-refractivity contribution in [3.05, 3.63) is 53.7 Å². The molecule has 0 aliphatic carbocycles. The lowest BCUT2D eigenvalue weighted by Crippen LogP contribution is -2.10. The van der Waals surface area contributed by atoms with Crippen LogP contribution in [0, 0.1) is 11.3 Å². The van der Waals surface area contributed by atoms with Crippen LogP contribution in [-0.4, -0.2) is 44.2 Å². The number of aromatic nitrogens is 1. The van der Waals surface area contributed by atoms with Gasteiger partial charge in [0.15, 0.2) is 6.79 Å². The lowest BCUT2D eigenvalue weighted by atomic mass is 10.1. The van der Waals surface area contributed by atoms with Crippen LogP contribution in [0.15, 0.2) is 42.6 Å². The number of benzene rings is 2. The molecule has 1 aromatic heterocycles. The first kappa shape index (κ1) is 22.2. The number of fused-ring (bicyclic) bond motifs is 1. The van der Waals surface area contributed by atoms with Crippen LogP contribution in [0.25, 0.3) is 16.6 Å². The maximum Gasteiger partial charge on any atom is 0.341 e. The van der Waals surface area contributed by atoms with E-state index in [9.17, 15) is 10.1 Å². The Kier molecular flexibility index (Phi) is 7.49. The number of nitriles is 1. The molecule has 0 unspecified atom stereocenters. The Morgan fingerprint density at radius 1 is 1.19 bits per heavy atom. The molecular formula is C23H25N3O5. The van der Waals surface area contributed by atoms with E-state index in [1.54, 1.807) is 31.3 Å². The molecule has 8 heteroatoms. The minimum atomic E-state index is -0.481. The summed E-state index contributed by atoms with van der Waals surface area (Å²) in [5.41, 5.74) is 7.86.